The normalized spacial score (nSPS) is 42.1. The molecule has 3 rings (SSSR count). The molecule has 0 unspecified atom stereocenters. The van der Waals surface area contributed by atoms with Gasteiger partial charge in [0, 0.05) is 19.1 Å². The van der Waals surface area contributed by atoms with Gasteiger partial charge in [-0.3, -0.25) is 19.8 Å². The number of carbonyl (C=O) groups is 2. The van der Waals surface area contributed by atoms with Crippen LogP contribution in [-0.4, -0.2) is 49.1 Å². The van der Waals surface area contributed by atoms with Crippen molar-refractivity contribution < 1.29 is 14.3 Å². The number of nitrogens with zero attached hydrogens (tertiary/aromatic N) is 1. The van der Waals surface area contributed by atoms with Gasteiger partial charge < -0.3 is 4.74 Å². The van der Waals surface area contributed by atoms with Gasteiger partial charge >= 0.3 is 0 Å². The summed E-state index contributed by atoms with van der Waals surface area (Å²) in [5.41, 5.74) is 0. The van der Waals surface area contributed by atoms with Gasteiger partial charge in [0.1, 0.15) is 0 Å². The van der Waals surface area contributed by atoms with E-state index in [0.29, 0.717) is 13.2 Å². The second-order valence-electron chi connectivity index (χ2n) is 4.12. The van der Waals surface area contributed by atoms with E-state index in [1.165, 1.54) is 0 Å². The van der Waals surface area contributed by atoms with Gasteiger partial charge in [-0.25, -0.2) is 0 Å². The van der Waals surface area contributed by atoms with Crippen LogP contribution in [0.4, 0.5) is 0 Å². The quantitative estimate of drug-likeness (QED) is 0.484. The Morgan fingerprint density at radius 2 is 2.21 bits per heavy atom. The van der Waals surface area contributed by atoms with E-state index >= 15 is 0 Å². The van der Waals surface area contributed by atoms with E-state index < -0.39 is 0 Å². The van der Waals surface area contributed by atoms with Gasteiger partial charge in [-0.1, -0.05) is 0 Å². The molecule has 0 aliphatic carbocycles. The molecule has 3 atom stereocenters. The maximum absolute atomic E-state index is 11.5. The third kappa shape index (κ3) is 0.965. The van der Waals surface area contributed by atoms with E-state index in [1.54, 1.807) is 0 Å². The molecule has 2 amide bonds. The molecule has 0 aromatic carbocycles. The third-order valence-corrected chi connectivity index (χ3v) is 3.45. The van der Waals surface area contributed by atoms with Crippen molar-refractivity contribution in [3.8, 4) is 0 Å². The van der Waals surface area contributed by atoms with E-state index in [0.717, 1.165) is 13.1 Å². The Hall–Kier alpha value is -0.940. The summed E-state index contributed by atoms with van der Waals surface area (Å²) in [4.78, 5) is 25.1. The number of nitrogens with one attached hydrogen (secondary N) is 1. The zero-order chi connectivity index (χ0) is 9.71. The van der Waals surface area contributed by atoms with Crippen LogP contribution in [0.3, 0.4) is 0 Å². The summed E-state index contributed by atoms with van der Waals surface area (Å²) in [5, 5.41) is 2.39. The Kier molecular flexibility index (Phi) is 1.66. The highest BCUT2D eigenvalue weighted by molar-refractivity contribution is 6.06. The van der Waals surface area contributed by atoms with Crippen LogP contribution >= 0.6 is 0 Å². The van der Waals surface area contributed by atoms with Gasteiger partial charge in [-0.15, -0.1) is 0 Å². The molecule has 3 heterocycles. The highest BCUT2D eigenvalue weighted by Crippen LogP contribution is 2.35. The van der Waals surface area contributed by atoms with Crippen LogP contribution in [0.1, 0.15) is 0 Å². The molecule has 0 radical (unpaired) electrons. The lowest BCUT2D eigenvalue weighted by Crippen LogP contribution is -2.46. The van der Waals surface area contributed by atoms with Crippen molar-refractivity contribution in [3.63, 3.8) is 0 Å². The standard InChI is InChI=1S/C9H12N2O3/c12-8-5-3-11-1-2-14-4-6(11)7(5)9(13)10-8/h5-7H,1-4H2,(H,10,12,13)/t5-,6-,7-/m1/s1. The van der Waals surface area contributed by atoms with Crippen molar-refractivity contribution in [3.05, 3.63) is 0 Å². The average Bonchev–Trinajstić information content (AvgIpc) is 2.66. The van der Waals surface area contributed by atoms with E-state index in [9.17, 15) is 9.59 Å². The molecule has 5 heteroatoms. The molecule has 5 nitrogen and oxygen atoms in total. The fourth-order valence-electron chi connectivity index (χ4n) is 2.75. The minimum absolute atomic E-state index is 0.102. The van der Waals surface area contributed by atoms with Crippen molar-refractivity contribution in [1.29, 1.82) is 0 Å². The van der Waals surface area contributed by atoms with Gasteiger partial charge in [0.2, 0.25) is 11.8 Å². The second kappa shape index (κ2) is 2.77. The maximum atomic E-state index is 11.5. The third-order valence-electron chi connectivity index (χ3n) is 3.45. The molecule has 0 saturated carbocycles. The Morgan fingerprint density at radius 1 is 1.36 bits per heavy atom. The lowest BCUT2D eigenvalue weighted by Gasteiger charge is -2.31. The largest absolute Gasteiger partial charge is 0.378 e. The van der Waals surface area contributed by atoms with E-state index in [2.05, 4.69) is 10.2 Å². The van der Waals surface area contributed by atoms with Gasteiger partial charge in [0.15, 0.2) is 0 Å². The lowest BCUT2D eigenvalue weighted by molar-refractivity contribution is -0.128. The number of rotatable bonds is 0. The molecule has 3 saturated heterocycles. The van der Waals surface area contributed by atoms with Gasteiger partial charge in [0.25, 0.3) is 0 Å². The lowest BCUT2D eigenvalue weighted by atomic mass is 9.93. The highest BCUT2D eigenvalue weighted by Gasteiger charge is 2.54. The van der Waals surface area contributed by atoms with E-state index in [1.807, 2.05) is 0 Å². The Morgan fingerprint density at radius 3 is 3.07 bits per heavy atom. The zero-order valence-electron chi connectivity index (χ0n) is 7.73. The van der Waals surface area contributed by atoms with Crippen molar-refractivity contribution in [2.24, 2.45) is 11.8 Å². The zero-order valence-corrected chi connectivity index (χ0v) is 7.73. The first-order chi connectivity index (χ1) is 6.77. The summed E-state index contributed by atoms with van der Waals surface area (Å²) in [6.07, 6.45) is 0. The topological polar surface area (TPSA) is 58.6 Å². The molecule has 3 fully saturated rings. The van der Waals surface area contributed by atoms with E-state index in [4.69, 9.17) is 4.74 Å². The number of carbonyl (C=O) groups excluding carboxylic acids is 2. The molecule has 0 aromatic rings. The molecule has 14 heavy (non-hydrogen) atoms. The summed E-state index contributed by atoms with van der Waals surface area (Å²) >= 11 is 0. The number of hydrogen-bond donors (Lipinski definition) is 1. The number of ether oxygens (including phenoxy) is 1. The molecule has 0 spiro atoms. The second-order valence-corrected chi connectivity index (χ2v) is 4.12. The molecule has 0 bridgehead atoms. The maximum Gasteiger partial charge on any atom is 0.232 e. The van der Waals surface area contributed by atoms with Gasteiger partial charge in [-0.05, 0) is 0 Å². The first kappa shape index (κ1) is 8.38. The monoisotopic (exact) mass is 196 g/mol. The minimum Gasteiger partial charge on any atom is -0.378 e. The molecular weight excluding hydrogens is 184 g/mol. The smallest absolute Gasteiger partial charge is 0.232 e. The van der Waals surface area contributed by atoms with Crippen molar-refractivity contribution in [1.82, 2.24) is 10.2 Å². The van der Waals surface area contributed by atoms with Crippen molar-refractivity contribution in [2.75, 3.05) is 26.3 Å². The van der Waals surface area contributed by atoms with Crippen LogP contribution in [0.2, 0.25) is 0 Å². The number of hydrogen-bond acceptors (Lipinski definition) is 4. The molecule has 76 valence electrons. The van der Waals surface area contributed by atoms with Crippen LogP contribution in [-0.2, 0) is 14.3 Å². The number of amides is 2. The van der Waals surface area contributed by atoms with Crippen LogP contribution in [0.5, 0.6) is 0 Å². The average molecular weight is 196 g/mol. The number of imide groups is 1. The summed E-state index contributed by atoms with van der Waals surface area (Å²) in [7, 11) is 0. The highest BCUT2D eigenvalue weighted by atomic mass is 16.5. The Bertz CT molecular complexity index is 304. The SMILES string of the molecule is O=C1NC(=O)[C@@H]2CN3CCOC[C@@H]3[C@H]12. The fraction of sp³-hybridized carbons (Fsp3) is 0.778. The number of morpholine rings is 1. The van der Waals surface area contributed by atoms with Crippen molar-refractivity contribution in [2.45, 2.75) is 6.04 Å². The number of fused-ring (bicyclic) bond motifs is 3. The fourth-order valence-corrected chi connectivity index (χ4v) is 2.75. The Balaban J connectivity index is 1.90. The molecule has 0 aromatic heterocycles. The predicted octanol–water partition coefficient (Wildman–Crippen LogP) is -1.41. The van der Waals surface area contributed by atoms with Crippen LogP contribution in [0.15, 0.2) is 0 Å². The molecule has 3 aliphatic heterocycles. The van der Waals surface area contributed by atoms with Gasteiger partial charge in [-0.2, -0.15) is 0 Å². The molecule has 1 N–H and O–H groups in total. The molecular formula is C9H12N2O3. The minimum atomic E-state index is -0.164. The summed E-state index contributed by atoms with van der Waals surface area (Å²) in [6.45, 7) is 2.86. The molecule has 3 aliphatic rings. The first-order valence-electron chi connectivity index (χ1n) is 4.94. The summed E-state index contributed by atoms with van der Waals surface area (Å²) in [5.74, 6) is -0.510. The Labute approximate surface area is 81.4 Å². The van der Waals surface area contributed by atoms with Crippen LogP contribution < -0.4 is 5.32 Å². The van der Waals surface area contributed by atoms with Crippen molar-refractivity contribution >= 4 is 11.8 Å². The van der Waals surface area contributed by atoms with Crippen LogP contribution in [0.25, 0.3) is 0 Å². The van der Waals surface area contributed by atoms with E-state index in [-0.39, 0.29) is 29.7 Å². The van der Waals surface area contributed by atoms with Gasteiger partial charge in [0.05, 0.1) is 25.0 Å². The predicted molar refractivity (Wildman–Crippen MR) is 46.3 cm³/mol. The van der Waals surface area contributed by atoms with Crippen LogP contribution in [0, 0.1) is 11.8 Å². The summed E-state index contributed by atoms with van der Waals surface area (Å²) in [6, 6.07) is 0.125. The summed E-state index contributed by atoms with van der Waals surface area (Å²) < 4.78 is 5.34. The first-order valence-corrected chi connectivity index (χ1v) is 4.94.